The summed E-state index contributed by atoms with van der Waals surface area (Å²) < 4.78 is 0.637. The fourth-order valence-corrected chi connectivity index (χ4v) is 0.964. The van der Waals surface area contributed by atoms with Gasteiger partial charge >= 0.3 is 0 Å². The minimum atomic E-state index is 0.519. The average Bonchev–Trinajstić information content (AvgIpc) is 1.87. The highest BCUT2D eigenvalue weighted by molar-refractivity contribution is 7.22. The highest BCUT2D eigenvalue weighted by atomic mass is 35.5. The molecule has 1 rings (SSSR count). The van der Waals surface area contributed by atoms with E-state index < -0.39 is 0 Å². The summed E-state index contributed by atoms with van der Waals surface area (Å²) in [7, 11) is 5.20. The lowest BCUT2D eigenvalue weighted by Crippen LogP contribution is -1.95. The van der Waals surface area contributed by atoms with Gasteiger partial charge in [-0.25, -0.2) is 0 Å². The molecule has 0 aliphatic heterocycles. The second-order valence-corrected chi connectivity index (χ2v) is 2.70. The van der Waals surface area contributed by atoms with E-state index in [9.17, 15) is 0 Å². The van der Waals surface area contributed by atoms with Crippen LogP contribution in [0.15, 0.2) is 6.20 Å². The van der Waals surface area contributed by atoms with Crippen LogP contribution >= 0.6 is 22.9 Å². The zero-order valence-electron chi connectivity index (χ0n) is 3.39. The smallest absolute Gasteiger partial charge is 0.157 e. The van der Waals surface area contributed by atoms with E-state index in [1.54, 1.807) is 0 Å². The van der Waals surface area contributed by atoms with E-state index >= 15 is 0 Å². The van der Waals surface area contributed by atoms with E-state index in [1.165, 1.54) is 17.5 Å². The Morgan fingerprint density at radius 1 is 1.86 bits per heavy atom. The molecular formula is C3HBClNS. The normalized spacial score (nSPS) is 9.29. The molecule has 0 N–H and O–H groups in total. The number of nitrogens with zero attached hydrogens (tertiary/aromatic N) is 1. The Morgan fingerprint density at radius 3 is 2.71 bits per heavy atom. The van der Waals surface area contributed by atoms with Gasteiger partial charge in [0.1, 0.15) is 4.34 Å². The van der Waals surface area contributed by atoms with Crippen LogP contribution < -0.4 is 4.91 Å². The summed E-state index contributed by atoms with van der Waals surface area (Å²) >= 11 is 6.71. The maximum Gasteiger partial charge on any atom is 0.157 e. The fraction of sp³-hybridized carbons (Fsp3) is 0. The minimum Gasteiger partial charge on any atom is -0.260 e. The van der Waals surface area contributed by atoms with Crippen LogP contribution in [0.4, 0.5) is 0 Å². The highest BCUT2D eigenvalue weighted by Crippen LogP contribution is 2.08. The Kier molecular flexibility index (Phi) is 1.35. The van der Waals surface area contributed by atoms with E-state index in [4.69, 9.17) is 19.4 Å². The van der Waals surface area contributed by atoms with Gasteiger partial charge in [0, 0.05) is 4.91 Å². The predicted octanol–water partition coefficient (Wildman–Crippen LogP) is 0.590. The van der Waals surface area contributed by atoms with Gasteiger partial charge in [-0.2, -0.15) is 0 Å². The highest BCUT2D eigenvalue weighted by Gasteiger charge is 1.88. The summed E-state index contributed by atoms with van der Waals surface area (Å²) in [6, 6.07) is 0. The van der Waals surface area contributed by atoms with Crippen LogP contribution in [0.3, 0.4) is 0 Å². The van der Waals surface area contributed by atoms with E-state index in [0.717, 1.165) is 0 Å². The molecule has 0 aromatic carbocycles. The summed E-state index contributed by atoms with van der Waals surface area (Å²) in [6.45, 7) is 0. The number of rotatable bonds is 0. The van der Waals surface area contributed by atoms with Crippen LogP contribution in [0.5, 0.6) is 0 Å². The van der Waals surface area contributed by atoms with Crippen molar-refractivity contribution >= 4 is 35.7 Å². The van der Waals surface area contributed by atoms with Crippen molar-refractivity contribution in [3.63, 3.8) is 0 Å². The molecule has 0 aliphatic rings. The van der Waals surface area contributed by atoms with Gasteiger partial charge in [-0.3, -0.25) is 4.98 Å². The zero-order valence-corrected chi connectivity index (χ0v) is 4.96. The van der Waals surface area contributed by atoms with Gasteiger partial charge in [0.25, 0.3) is 0 Å². The van der Waals surface area contributed by atoms with Gasteiger partial charge in [0.2, 0.25) is 0 Å². The molecule has 1 heterocycles. The van der Waals surface area contributed by atoms with Gasteiger partial charge < -0.3 is 0 Å². The number of hydrogen-bond donors (Lipinski definition) is 0. The standard InChI is InChI=1S/C3HBClNS/c4-3-6-1-2(5)7-3/h1H. The first-order valence-electron chi connectivity index (χ1n) is 1.66. The summed E-state index contributed by atoms with van der Waals surface area (Å²) in [5, 5.41) is 0. The van der Waals surface area contributed by atoms with Crippen LogP contribution in [0, 0.1) is 0 Å². The van der Waals surface area contributed by atoms with Gasteiger partial charge in [-0.05, 0) is 0 Å². The molecule has 0 atom stereocenters. The topological polar surface area (TPSA) is 12.9 Å². The van der Waals surface area contributed by atoms with Crippen molar-refractivity contribution in [3.05, 3.63) is 10.5 Å². The zero-order chi connectivity index (χ0) is 5.28. The Balaban J connectivity index is 3.04. The van der Waals surface area contributed by atoms with Crippen molar-refractivity contribution in [2.75, 3.05) is 0 Å². The molecule has 34 valence electrons. The maximum absolute atomic E-state index is 5.44. The third-order valence-electron chi connectivity index (χ3n) is 0.495. The quantitative estimate of drug-likeness (QED) is 0.467. The Hall–Kier alpha value is -0.0151. The molecule has 0 saturated carbocycles. The Morgan fingerprint density at radius 2 is 2.57 bits per heavy atom. The molecule has 0 amide bonds. The molecule has 0 fully saturated rings. The fourth-order valence-electron chi connectivity index (χ4n) is 0.267. The van der Waals surface area contributed by atoms with Crippen LogP contribution in [0.1, 0.15) is 0 Å². The summed E-state index contributed by atoms with van der Waals surface area (Å²) in [5.74, 6) is 0. The third kappa shape index (κ3) is 1.18. The van der Waals surface area contributed by atoms with Gasteiger partial charge in [-0.15, -0.1) is 11.3 Å². The monoisotopic (exact) mass is 129 g/mol. The molecule has 2 radical (unpaired) electrons. The van der Waals surface area contributed by atoms with Crippen LogP contribution in [0.2, 0.25) is 4.34 Å². The van der Waals surface area contributed by atoms with E-state index in [2.05, 4.69) is 4.98 Å². The van der Waals surface area contributed by atoms with Crippen molar-refractivity contribution < 1.29 is 0 Å². The van der Waals surface area contributed by atoms with Crippen LogP contribution in [0.25, 0.3) is 0 Å². The van der Waals surface area contributed by atoms with Crippen molar-refractivity contribution in [3.8, 4) is 0 Å². The third-order valence-corrected chi connectivity index (χ3v) is 1.44. The van der Waals surface area contributed by atoms with E-state index in [0.29, 0.717) is 9.24 Å². The lowest BCUT2D eigenvalue weighted by atomic mass is 10.2. The van der Waals surface area contributed by atoms with Crippen LogP contribution in [-0.4, -0.2) is 12.8 Å². The average molecular weight is 129 g/mol. The second kappa shape index (κ2) is 1.84. The number of thiazole rings is 1. The maximum atomic E-state index is 5.44. The molecule has 7 heavy (non-hydrogen) atoms. The first-order valence-corrected chi connectivity index (χ1v) is 2.85. The van der Waals surface area contributed by atoms with E-state index in [-0.39, 0.29) is 0 Å². The first kappa shape index (κ1) is 5.13. The molecule has 0 bridgehead atoms. The first-order chi connectivity index (χ1) is 3.29. The van der Waals surface area contributed by atoms with Gasteiger partial charge in [0.05, 0.1) is 6.20 Å². The molecule has 0 saturated heterocycles. The molecule has 0 unspecified atom stereocenters. The summed E-state index contributed by atoms with van der Waals surface area (Å²) in [4.78, 5) is 4.20. The predicted molar refractivity (Wildman–Crippen MR) is 32.5 cm³/mol. The van der Waals surface area contributed by atoms with Gasteiger partial charge in [-0.1, -0.05) is 11.6 Å². The lowest BCUT2D eigenvalue weighted by molar-refractivity contribution is 1.48. The van der Waals surface area contributed by atoms with Crippen molar-refractivity contribution in [2.45, 2.75) is 0 Å². The Labute approximate surface area is 51.7 Å². The molecular weight excluding hydrogens is 128 g/mol. The second-order valence-electron chi connectivity index (χ2n) is 1.00. The molecule has 0 spiro atoms. The molecule has 0 aliphatic carbocycles. The molecule has 1 aromatic rings. The number of halogens is 1. The Bertz CT molecular complexity index is 147. The van der Waals surface area contributed by atoms with Crippen molar-refractivity contribution in [1.29, 1.82) is 0 Å². The summed E-state index contributed by atoms with van der Waals surface area (Å²) in [6.07, 6.45) is 1.53. The van der Waals surface area contributed by atoms with Crippen LogP contribution in [-0.2, 0) is 0 Å². The minimum absolute atomic E-state index is 0.519. The molecule has 4 heteroatoms. The SMILES string of the molecule is [B]c1ncc(Cl)s1. The summed E-state index contributed by atoms with van der Waals surface area (Å²) in [5.41, 5.74) is 0. The molecule has 1 nitrogen and oxygen atoms in total. The van der Waals surface area contributed by atoms with Crippen molar-refractivity contribution in [2.24, 2.45) is 0 Å². The largest absolute Gasteiger partial charge is 0.260 e. The van der Waals surface area contributed by atoms with Gasteiger partial charge in [0.15, 0.2) is 7.85 Å². The number of aromatic nitrogens is 1. The van der Waals surface area contributed by atoms with Crippen molar-refractivity contribution in [1.82, 2.24) is 4.98 Å². The van der Waals surface area contributed by atoms with E-state index in [1.807, 2.05) is 0 Å². The lowest BCUT2D eigenvalue weighted by Gasteiger charge is -1.67. The molecule has 1 aromatic heterocycles. The number of hydrogen-bond acceptors (Lipinski definition) is 2.